The summed E-state index contributed by atoms with van der Waals surface area (Å²) in [6.45, 7) is 1.05. The van der Waals surface area contributed by atoms with E-state index in [9.17, 15) is 0 Å². The lowest BCUT2D eigenvalue weighted by molar-refractivity contribution is -0.160. The van der Waals surface area contributed by atoms with Gasteiger partial charge in [0.15, 0.2) is 11.7 Å². The van der Waals surface area contributed by atoms with Gasteiger partial charge in [-0.1, -0.05) is 11.6 Å². The smallest absolute Gasteiger partial charge is 0.193 e. The molecule has 0 aromatic heterocycles. The van der Waals surface area contributed by atoms with Gasteiger partial charge in [-0.3, -0.25) is 4.99 Å². The van der Waals surface area contributed by atoms with Gasteiger partial charge in [0.1, 0.15) is 11.9 Å². The van der Waals surface area contributed by atoms with Crippen LogP contribution in [-0.2, 0) is 9.47 Å². The maximum absolute atomic E-state index is 6.08. The van der Waals surface area contributed by atoms with Gasteiger partial charge in [-0.15, -0.1) is 0 Å². The number of nitrogens with one attached hydrogen (secondary N) is 1. The number of halogens is 1. The van der Waals surface area contributed by atoms with Gasteiger partial charge in [0.05, 0.1) is 25.3 Å². The summed E-state index contributed by atoms with van der Waals surface area (Å²) in [6, 6.07) is 5.34. The summed E-state index contributed by atoms with van der Waals surface area (Å²) in [6.07, 6.45) is 4.25. The summed E-state index contributed by atoms with van der Waals surface area (Å²) in [5, 5.41) is 3.53. The molecule has 1 heterocycles. The first kappa shape index (κ1) is 16.4. The van der Waals surface area contributed by atoms with E-state index in [0.717, 1.165) is 31.4 Å². The Kier molecular flexibility index (Phi) is 4.94. The van der Waals surface area contributed by atoms with E-state index in [2.05, 4.69) is 10.3 Å². The summed E-state index contributed by atoms with van der Waals surface area (Å²) >= 11 is 6.08. The average Bonchev–Trinajstić information content (AvgIpc) is 3.16. The lowest BCUT2D eigenvalue weighted by Crippen LogP contribution is -2.28. The molecule has 1 spiro atoms. The summed E-state index contributed by atoms with van der Waals surface area (Å²) in [5.74, 6) is 0.583. The number of ether oxygens (including phenoxy) is 3. The lowest BCUT2D eigenvalue weighted by Gasteiger charge is -2.21. The molecule has 1 unspecified atom stereocenters. The van der Waals surface area contributed by atoms with Gasteiger partial charge in [-0.25, -0.2) is 0 Å². The zero-order chi connectivity index (χ0) is 16.3. The highest BCUT2D eigenvalue weighted by Crippen LogP contribution is 2.39. The molecule has 0 amide bonds. The van der Waals surface area contributed by atoms with Crippen LogP contribution in [0.2, 0.25) is 5.02 Å². The monoisotopic (exact) mass is 339 g/mol. The van der Waals surface area contributed by atoms with Crippen LogP contribution in [0.15, 0.2) is 23.2 Å². The molecule has 1 aliphatic heterocycles. The van der Waals surface area contributed by atoms with Gasteiger partial charge in [-0.2, -0.15) is 0 Å². The quantitative estimate of drug-likeness (QED) is 0.651. The van der Waals surface area contributed by atoms with Crippen molar-refractivity contribution in [1.82, 2.24) is 0 Å². The number of hydrogen-bond acceptors (Lipinski definition) is 4. The molecule has 1 saturated heterocycles. The Balaban J connectivity index is 1.53. The minimum absolute atomic E-state index is 0.0343. The van der Waals surface area contributed by atoms with Crippen molar-refractivity contribution >= 4 is 23.2 Å². The Morgan fingerprint density at radius 3 is 2.96 bits per heavy atom. The lowest BCUT2D eigenvalue weighted by atomic mass is 10.2. The number of anilines is 1. The molecule has 1 atom stereocenters. The zero-order valence-electron chi connectivity index (χ0n) is 13.2. The molecule has 1 saturated carbocycles. The molecule has 3 rings (SSSR count). The number of nitrogens with two attached hydrogens (primary N) is 1. The Labute approximate surface area is 140 Å². The average molecular weight is 340 g/mol. The number of aliphatic imine (C=N–C) groups is 1. The normalized spacial score (nSPS) is 23.4. The fourth-order valence-electron chi connectivity index (χ4n) is 3.01. The minimum atomic E-state index is -0.355. The first-order valence-electron chi connectivity index (χ1n) is 7.82. The van der Waals surface area contributed by atoms with Crippen molar-refractivity contribution in [2.24, 2.45) is 10.7 Å². The molecule has 126 valence electrons. The molecule has 3 N–H and O–H groups in total. The Hall–Kier alpha value is -1.50. The van der Waals surface area contributed by atoms with Gasteiger partial charge in [0.25, 0.3) is 0 Å². The Morgan fingerprint density at radius 2 is 2.26 bits per heavy atom. The second-order valence-corrected chi connectivity index (χ2v) is 6.28. The van der Waals surface area contributed by atoms with Crippen molar-refractivity contribution in [2.45, 2.75) is 37.6 Å². The maximum atomic E-state index is 6.08. The number of benzene rings is 1. The van der Waals surface area contributed by atoms with Crippen LogP contribution in [0, 0.1) is 0 Å². The summed E-state index contributed by atoms with van der Waals surface area (Å²) < 4.78 is 16.9. The Morgan fingerprint density at radius 1 is 1.48 bits per heavy atom. The number of hydrogen-bond donors (Lipinski definition) is 2. The fraction of sp³-hybridized carbons (Fsp3) is 0.562. The van der Waals surface area contributed by atoms with E-state index < -0.39 is 0 Å². The van der Waals surface area contributed by atoms with Crippen molar-refractivity contribution in [2.75, 3.05) is 25.6 Å². The van der Waals surface area contributed by atoms with Crippen LogP contribution in [0.1, 0.15) is 25.7 Å². The number of rotatable bonds is 4. The van der Waals surface area contributed by atoms with Crippen LogP contribution < -0.4 is 15.8 Å². The Bertz CT molecular complexity index is 588. The third kappa shape index (κ3) is 3.88. The predicted octanol–water partition coefficient (Wildman–Crippen LogP) is 2.76. The summed E-state index contributed by atoms with van der Waals surface area (Å²) in [4.78, 5) is 4.33. The van der Waals surface area contributed by atoms with E-state index in [0.29, 0.717) is 29.9 Å². The molecule has 6 nitrogen and oxygen atoms in total. The van der Waals surface area contributed by atoms with Crippen LogP contribution in [-0.4, -0.2) is 38.1 Å². The fourth-order valence-corrected chi connectivity index (χ4v) is 3.27. The van der Waals surface area contributed by atoms with Crippen molar-refractivity contribution in [3.63, 3.8) is 0 Å². The molecule has 0 radical (unpaired) electrons. The second kappa shape index (κ2) is 6.95. The van der Waals surface area contributed by atoms with Gasteiger partial charge < -0.3 is 25.3 Å². The molecule has 0 bridgehead atoms. The third-order valence-corrected chi connectivity index (χ3v) is 4.46. The summed E-state index contributed by atoms with van der Waals surface area (Å²) in [7, 11) is 1.57. The summed E-state index contributed by atoms with van der Waals surface area (Å²) in [5.41, 5.74) is 6.67. The molecule has 23 heavy (non-hydrogen) atoms. The first-order chi connectivity index (χ1) is 11.1. The second-order valence-electron chi connectivity index (χ2n) is 5.87. The number of nitrogens with zero attached hydrogens (tertiary/aromatic N) is 1. The highest BCUT2D eigenvalue weighted by molar-refractivity contribution is 6.32. The van der Waals surface area contributed by atoms with Gasteiger partial charge >= 0.3 is 0 Å². The highest BCUT2D eigenvalue weighted by atomic mass is 35.5. The van der Waals surface area contributed by atoms with Gasteiger partial charge in [0.2, 0.25) is 0 Å². The van der Waals surface area contributed by atoms with Crippen molar-refractivity contribution in [1.29, 1.82) is 0 Å². The van der Waals surface area contributed by atoms with Crippen LogP contribution in [0.4, 0.5) is 5.69 Å². The van der Waals surface area contributed by atoms with Gasteiger partial charge in [0, 0.05) is 18.5 Å². The molecular formula is C16H22ClN3O3. The topological polar surface area (TPSA) is 78.1 Å². The van der Waals surface area contributed by atoms with E-state index in [1.807, 2.05) is 6.07 Å². The largest absolute Gasteiger partial charge is 0.495 e. The van der Waals surface area contributed by atoms with Crippen LogP contribution in [0.5, 0.6) is 5.75 Å². The van der Waals surface area contributed by atoms with E-state index >= 15 is 0 Å². The first-order valence-corrected chi connectivity index (χ1v) is 8.20. The van der Waals surface area contributed by atoms with Gasteiger partial charge in [-0.05, 0) is 31.0 Å². The maximum Gasteiger partial charge on any atom is 0.193 e. The highest BCUT2D eigenvalue weighted by Gasteiger charge is 2.43. The number of methoxy groups -OCH3 is 1. The number of guanidine groups is 1. The molecule has 2 fully saturated rings. The van der Waals surface area contributed by atoms with E-state index in [1.165, 1.54) is 0 Å². The third-order valence-electron chi connectivity index (χ3n) is 4.17. The van der Waals surface area contributed by atoms with Crippen molar-refractivity contribution in [3.05, 3.63) is 23.2 Å². The molecular weight excluding hydrogens is 318 g/mol. The minimum Gasteiger partial charge on any atom is -0.495 e. The van der Waals surface area contributed by atoms with Crippen molar-refractivity contribution < 1.29 is 14.2 Å². The molecule has 1 aromatic rings. The standard InChI is InChI=1S/C16H22ClN3O3/c1-21-14-5-4-11(8-13(14)17)20-15(18)19-9-12-10-22-16(23-12)6-2-3-7-16/h4-5,8,12H,2-3,6-7,9-10H2,1H3,(H3,18,19,20). The van der Waals surface area contributed by atoms with E-state index in [-0.39, 0.29) is 11.9 Å². The molecule has 7 heteroatoms. The molecule has 1 aliphatic carbocycles. The SMILES string of the molecule is COc1ccc(NC(N)=NCC2COC3(CCCC3)O2)cc1Cl. The zero-order valence-corrected chi connectivity index (χ0v) is 13.9. The van der Waals surface area contributed by atoms with E-state index in [4.69, 9.17) is 31.5 Å². The van der Waals surface area contributed by atoms with Crippen LogP contribution >= 0.6 is 11.6 Å². The van der Waals surface area contributed by atoms with E-state index in [1.54, 1.807) is 19.2 Å². The van der Waals surface area contributed by atoms with Crippen LogP contribution in [0.3, 0.4) is 0 Å². The predicted molar refractivity (Wildman–Crippen MR) is 90.1 cm³/mol. The van der Waals surface area contributed by atoms with Crippen LogP contribution in [0.25, 0.3) is 0 Å². The van der Waals surface area contributed by atoms with Crippen molar-refractivity contribution in [3.8, 4) is 5.75 Å². The molecule has 2 aliphatic rings. The molecule has 1 aromatic carbocycles.